The number of carbonyl (C=O) groups excluding carboxylic acids is 2. The lowest BCUT2D eigenvalue weighted by Crippen LogP contribution is -2.42. The first-order valence-corrected chi connectivity index (χ1v) is 9.54. The van der Waals surface area contributed by atoms with Crippen molar-refractivity contribution in [1.29, 1.82) is 0 Å². The van der Waals surface area contributed by atoms with Crippen LogP contribution in [0, 0.1) is 5.92 Å². The molecule has 27 heavy (non-hydrogen) atoms. The predicted molar refractivity (Wildman–Crippen MR) is 105 cm³/mol. The Morgan fingerprint density at radius 1 is 1.07 bits per heavy atom. The zero-order valence-electron chi connectivity index (χ0n) is 15.3. The fraction of sp³-hybridized carbons (Fsp3) is 0.304. The van der Waals surface area contributed by atoms with Crippen LogP contribution >= 0.6 is 0 Å². The lowest BCUT2D eigenvalue weighted by Gasteiger charge is -2.32. The third-order valence-electron chi connectivity index (χ3n) is 5.37. The van der Waals surface area contributed by atoms with E-state index in [1.54, 1.807) is 12.3 Å². The van der Waals surface area contributed by atoms with Crippen LogP contribution in [-0.2, 0) is 11.2 Å². The van der Waals surface area contributed by atoms with Crippen molar-refractivity contribution < 1.29 is 14.0 Å². The summed E-state index contributed by atoms with van der Waals surface area (Å²) in [6, 6.07) is 17.4. The van der Waals surface area contributed by atoms with Crippen LogP contribution < -0.4 is 0 Å². The summed E-state index contributed by atoms with van der Waals surface area (Å²) in [6.07, 6.45) is 4.68. The molecule has 1 saturated heterocycles. The van der Waals surface area contributed by atoms with Crippen LogP contribution in [0.4, 0.5) is 0 Å². The molecule has 0 bridgehead atoms. The molecule has 4 heteroatoms. The molecule has 4 rings (SSSR count). The van der Waals surface area contributed by atoms with E-state index >= 15 is 0 Å². The summed E-state index contributed by atoms with van der Waals surface area (Å²) in [7, 11) is 0. The van der Waals surface area contributed by atoms with Gasteiger partial charge in [-0.15, -0.1) is 0 Å². The van der Waals surface area contributed by atoms with Gasteiger partial charge in [-0.25, -0.2) is 0 Å². The lowest BCUT2D eigenvalue weighted by atomic mass is 9.90. The maximum atomic E-state index is 12.9. The molecule has 1 amide bonds. The zero-order valence-corrected chi connectivity index (χ0v) is 15.3. The molecule has 3 aromatic rings. The average molecular weight is 361 g/mol. The Labute approximate surface area is 158 Å². The number of aryl methyl sites for hydroxylation is 1. The van der Waals surface area contributed by atoms with Crippen LogP contribution in [-0.4, -0.2) is 29.7 Å². The largest absolute Gasteiger partial charge is 0.464 e. The first-order chi connectivity index (χ1) is 13.2. The molecule has 1 aromatic heterocycles. The third-order valence-corrected chi connectivity index (χ3v) is 5.37. The van der Waals surface area contributed by atoms with Crippen LogP contribution in [0.5, 0.6) is 0 Å². The van der Waals surface area contributed by atoms with E-state index in [9.17, 15) is 9.59 Å². The number of Topliss-reactive ketones (excluding diaryl/α,β-unsaturated/α-hetero) is 1. The Balaban J connectivity index is 1.39. The highest BCUT2D eigenvalue weighted by atomic mass is 16.3. The summed E-state index contributed by atoms with van der Waals surface area (Å²) in [5, 5.41) is 0.924. The average Bonchev–Trinajstić information content (AvgIpc) is 3.20. The molecule has 0 N–H and O–H groups in total. The van der Waals surface area contributed by atoms with E-state index in [1.807, 2.05) is 41.3 Å². The van der Waals surface area contributed by atoms with Gasteiger partial charge in [0.25, 0.3) is 5.91 Å². The smallest absolute Gasteiger partial charge is 0.253 e. The van der Waals surface area contributed by atoms with Gasteiger partial charge >= 0.3 is 0 Å². The van der Waals surface area contributed by atoms with Gasteiger partial charge < -0.3 is 9.32 Å². The van der Waals surface area contributed by atoms with Crippen LogP contribution in [0.25, 0.3) is 11.0 Å². The van der Waals surface area contributed by atoms with E-state index in [-0.39, 0.29) is 17.6 Å². The molecule has 0 spiro atoms. The number of amides is 1. The molecule has 1 unspecified atom stereocenters. The molecule has 0 saturated carbocycles. The number of hydrogen-bond donors (Lipinski definition) is 0. The molecule has 1 fully saturated rings. The van der Waals surface area contributed by atoms with Gasteiger partial charge in [-0.1, -0.05) is 30.3 Å². The summed E-state index contributed by atoms with van der Waals surface area (Å²) >= 11 is 0. The Bertz CT molecular complexity index is 944. The van der Waals surface area contributed by atoms with Gasteiger partial charge in [0.15, 0.2) is 0 Å². The standard InChI is InChI=1S/C23H23NO3/c25-21(10-8-17-5-2-1-3-6-17)20-7-4-13-24(16-20)23(26)19-9-11-22-18(15-19)12-14-27-22/h1-3,5-6,9,11-12,14-15,20H,4,7-8,10,13,16H2. The predicted octanol–water partition coefficient (Wildman–Crippen LogP) is 4.49. The molecule has 1 atom stereocenters. The summed E-state index contributed by atoms with van der Waals surface area (Å²) in [5.74, 6) is 0.212. The van der Waals surface area contributed by atoms with Gasteiger partial charge in [-0.05, 0) is 49.1 Å². The number of benzene rings is 2. The zero-order chi connectivity index (χ0) is 18.6. The molecular formula is C23H23NO3. The fourth-order valence-corrected chi connectivity index (χ4v) is 3.82. The van der Waals surface area contributed by atoms with Gasteiger partial charge in [0.2, 0.25) is 0 Å². The Hall–Kier alpha value is -2.88. The number of rotatable bonds is 5. The minimum atomic E-state index is -0.0518. The maximum absolute atomic E-state index is 12.9. The van der Waals surface area contributed by atoms with Crippen molar-refractivity contribution in [2.24, 2.45) is 5.92 Å². The Morgan fingerprint density at radius 2 is 1.93 bits per heavy atom. The van der Waals surface area contributed by atoms with Crippen molar-refractivity contribution in [2.45, 2.75) is 25.7 Å². The summed E-state index contributed by atoms with van der Waals surface area (Å²) in [5.41, 5.74) is 2.61. The minimum absolute atomic E-state index is 0.00124. The molecule has 138 valence electrons. The van der Waals surface area contributed by atoms with Crippen molar-refractivity contribution in [3.05, 3.63) is 72.0 Å². The van der Waals surface area contributed by atoms with Crippen LogP contribution in [0.3, 0.4) is 0 Å². The van der Waals surface area contributed by atoms with Gasteiger partial charge in [-0.2, -0.15) is 0 Å². The van der Waals surface area contributed by atoms with Crippen molar-refractivity contribution in [3.8, 4) is 0 Å². The van der Waals surface area contributed by atoms with Crippen molar-refractivity contribution in [2.75, 3.05) is 13.1 Å². The number of fused-ring (bicyclic) bond motifs is 1. The van der Waals surface area contributed by atoms with Crippen molar-refractivity contribution in [3.63, 3.8) is 0 Å². The quantitative estimate of drug-likeness (QED) is 0.673. The highest BCUT2D eigenvalue weighted by molar-refractivity contribution is 5.98. The van der Waals surface area contributed by atoms with E-state index in [1.165, 1.54) is 5.56 Å². The van der Waals surface area contributed by atoms with Crippen molar-refractivity contribution in [1.82, 2.24) is 4.90 Å². The Morgan fingerprint density at radius 3 is 2.78 bits per heavy atom. The van der Waals surface area contributed by atoms with E-state index in [0.717, 1.165) is 30.2 Å². The Kier molecular flexibility index (Phi) is 5.05. The number of hydrogen-bond acceptors (Lipinski definition) is 3. The van der Waals surface area contributed by atoms with Crippen LogP contribution in [0.15, 0.2) is 65.3 Å². The molecule has 0 radical (unpaired) electrons. The summed E-state index contributed by atoms with van der Waals surface area (Å²) in [4.78, 5) is 27.4. The molecule has 2 heterocycles. The van der Waals surface area contributed by atoms with Crippen LogP contribution in [0.2, 0.25) is 0 Å². The van der Waals surface area contributed by atoms with Gasteiger partial charge in [0.05, 0.1) is 6.26 Å². The van der Waals surface area contributed by atoms with E-state index in [2.05, 4.69) is 12.1 Å². The highest BCUT2D eigenvalue weighted by Crippen LogP contribution is 2.23. The van der Waals surface area contributed by atoms with Gasteiger partial charge in [0.1, 0.15) is 11.4 Å². The molecule has 4 nitrogen and oxygen atoms in total. The van der Waals surface area contributed by atoms with Gasteiger partial charge in [0, 0.05) is 36.4 Å². The fourth-order valence-electron chi connectivity index (χ4n) is 3.82. The molecule has 2 aromatic carbocycles. The molecule has 0 aliphatic carbocycles. The SMILES string of the molecule is O=C(CCc1ccccc1)C1CCCN(C(=O)c2ccc3occc3c2)C1. The van der Waals surface area contributed by atoms with Crippen molar-refractivity contribution >= 4 is 22.7 Å². The molecular weight excluding hydrogens is 338 g/mol. The maximum Gasteiger partial charge on any atom is 0.253 e. The first kappa shape index (κ1) is 17.5. The summed E-state index contributed by atoms with van der Waals surface area (Å²) in [6.45, 7) is 1.24. The summed E-state index contributed by atoms with van der Waals surface area (Å²) < 4.78 is 5.34. The van der Waals surface area contributed by atoms with E-state index < -0.39 is 0 Å². The lowest BCUT2D eigenvalue weighted by molar-refractivity contribution is -0.124. The molecule has 1 aliphatic rings. The first-order valence-electron chi connectivity index (χ1n) is 9.54. The molecule has 1 aliphatic heterocycles. The number of piperidine rings is 1. The monoisotopic (exact) mass is 361 g/mol. The second-order valence-corrected chi connectivity index (χ2v) is 7.22. The highest BCUT2D eigenvalue weighted by Gasteiger charge is 2.28. The number of furan rings is 1. The minimum Gasteiger partial charge on any atom is -0.464 e. The topological polar surface area (TPSA) is 50.5 Å². The second-order valence-electron chi connectivity index (χ2n) is 7.22. The van der Waals surface area contributed by atoms with E-state index in [4.69, 9.17) is 4.42 Å². The number of carbonyl (C=O) groups is 2. The number of ketones is 1. The second kappa shape index (κ2) is 7.78. The normalized spacial score (nSPS) is 17.2. The number of nitrogens with zero attached hydrogens (tertiary/aromatic N) is 1. The van der Waals surface area contributed by atoms with Crippen LogP contribution in [0.1, 0.15) is 35.2 Å². The number of likely N-dealkylation sites (tertiary alicyclic amines) is 1. The van der Waals surface area contributed by atoms with E-state index in [0.29, 0.717) is 25.1 Å². The third kappa shape index (κ3) is 3.95. The van der Waals surface area contributed by atoms with Gasteiger partial charge in [-0.3, -0.25) is 9.59 Å².